The minimum atomic E-state index is -0.272. The van der Waals surface area contributed by atoms with E-state index in [1.54, 1.807) is 24.3 Å². The number of Topliss-reactive ketones (excluding diaryl/α,β-unsaturated/α-hetero) is 1. The molecule has 1 unspecified atom stereocenters. The highest BCUT2D eigenvalue weighted by Crippen LogP contribution is 2.30. The number of hydrogen-bond acceptors (Lipinski definition) is 4. The van der Waals surface area contributed by atoms with Crippen molar-refractivity contribution in [3.63, 3.8) is 0 Å². The van der Waals surface area contributed by atoms with Gasteiger partial charge >= 0.3 is 0 Å². The summed E-state index contributed by atoms with van der Waals surface area (Å²) in [5, 5.41) is 4.67. The zero-order chi connectivity index (χ0) is 21.1. The van der Waals surface area contributed by atoms with Gasteiger partial charge in [0.1, 0.15) is 0 Å². The van der Waals surface area contributed by atoms with Crippen molar-refractivity contribution in [2.24, 2.45) is 0 Å². The standard InChI is InChI=1S/C24H26N2O2S/c1-6-21(24(28)25-19-9-7-8-18(13-19)17(5)27)29-22-12-15(3)20-11-14(2)10-16(4)23(20)26-22/h7-13,21H,6H2,1-5H3,(H,25,28). The zero-order valence-corrected chi connectivity index (χ0v) is 18.3. The maximum atomic E-state index is 12.8. The van der Waals surface area contributed by atoms with Crippen LogP contribution < -0.4 is 5.32 Å². The van der Waals surface area contributed by atoms with Crippen LogP contribution in [0.15, 0.2) is 47.5 Å². The number of aryl methyl sites for hydroxylation is 3. The van der Waals surface area contributed by atoms with E-state index in [0.717, 1.165) is 27.1 Å². The Morgan fingerprint density at radius 3 is 2.52 bits per heavy atom. The van der Waals surface area contributed by atoms with Crippen molar-refractivity contribution in [2.45, 2.75) is 51.3 Å². The fourth-order valence-corrected chi connectivity index (χ4v) is 4.39. The minimum Gasteiger partial charge on any atom is -0.325 e. The van der Waals surface area contributed by atoms with Gasteiger partial charge in [-0.3, -0.25) is 9.59 Å². The number of carbonyl (C=O) groups excluding carboxylic acids is 2. The molecule has 0 spiro atoms. The molecule has 1 amide bonds. The lowest BCUT2D eigenvalue weighted by Gasteiger charge is -2.16. The summed E-state index contributed by atoms with van der Waals surface area (Å²) in [5.41, 5.74) is 5.73. The van der Waals surface area contributed by atoms with E-state index in [-0.39, 0.29) is 16.9 Å². The fraction of sp³-hybridized carbons (Fsp3) is 0.292. The third kappa shape index (κ3) is 4.85. The molecule has 3 aromatic rings. The number of aromatic nitrogens is 1. The molecular formula is C24H26N2O2S. The highest BCUT2D eigenvalue weighted by Gasteiger charge is 2.20. The summed E-state index contributed by atoms with van der Waals surface area (Å²) < 4.78 is 0. The minimum absolute atomic E-state index is 0.0241. The van der Waals surface area contributed by atoms with Crippen molar-refractivity contribution < 1.29 is 9.59 Å². The SMILES string of the molecule is CCC(Sc1cc(C)c2cc(C)cc(C)c2n1)C(=O)Nc1cccc(C(C)=O)c1. The summed E-state index contributed by atoms with van der Waals surface area (Å²) in [6, 6.07) is 13.4. The normalized spacial score (nSPS) is 12.0. The Morgan fingerprint density at radius 1 is 1.07 bits per heavy atom. The van der Waals surface area contributed by atoms with Crippen LogP contribution in [0.4, 0.5) is 5.69 Å². The summed E-state index contributed by atoms with van der Waals surface area (Å²) in [5.74, 6) is -0.109. The molecule has 3 rings (SSSR count). The molecule has 5 heteroatoms. The quantitative estimate of drug-likeness (QED) is 0.411. The predicted molar refractivity (Wildman–Crippen MR) is 121 cm³/mol. The van der Waals surface area contributed by atoms with Crippen LogP contribution in [0, 0.1) is 20.8 Å². The van der Waals surface area contributed by atoms with E-state index in [0.29, 0.717) is 17.7 Å². The number of nitrogens with one attached hydrogen (secondary N) is 1. The average molecular weight is 407 g/mol. The maximum Gasteiger partial charge on any atom is 0.237 e. The number of ketones is 1. The Bertz CT molecular complexity index is 1090. The summed E-state index contributed by atoms with van der Waals surface area (Å²) in [4.78, 5) is 29.3. The molecule has 1 heterocycles. The Balaban J connectivity index is 1.83. The van der Waals surface area contributed by atoms with Crippen molar-refractivity contribution in [2.75, 3.05) is 5.32 Å². The third-order valence-corrected chi connectivity index (χ3v) is 6.18. The Morgan fingerprint density at radius 2 is 1.83 bits per heavy atom. The molecule has 0 aliphatic heterocycles. The summed E-state index contributed by atoms with van der Waals surface area (Å²) in [7, 11) is 0. The predicted octanol–water partition coefficient (Wildman–Crippen LogP) is 5.87. The highest BCUT2D eigenvalue weighted by atomic mass is 32.2. The largest absolute Gasteiger partial charge is 0.325 e. The van der Waals surface area contributed by atoms with Crippen LogP contribution in [-0.4, -0.2) is 21.9 Å². The number of thioether (sulfide) groups is 1. The van der Waals surface area contributed by atoms with E-state index in [9.17, 15) is 9.59 Å². The van der Waals surface area contributed by atoms with E-state index < -0.39 is 0 Å². The van der Waals surface area contributed by atoms with Crippen LogP contribution in [0.3, 0.4) is 0 Å². The molecule has 29 heavy (non-hydrogen) atoms. The van der Waals surface area contributed by atoms with Gasteiger partial charge in [0, 0.05) is 16.6 Å². The monoisotopic (exact) mass is 406 g/mol. The van der Waals surface area contributed by atoms with Gasteiger partial charge in [-0.05, 0) is 69.5 Å². The van der Waals surface area contributed by atoms with Crippen LogP contribution in [-0.2, 0) is 4.79 Å². The molecule has 1 atom stereocenters. The summed E-state index contributed by atoms with van der Waals surface area (Å²) in [6.07, 6.45) is 0.675. The van der Waals surface area contributed by atoms with E-state index in [1.165, 1.54) is 24.2 Å². The Labute approximate surface area is 176 Å². The lowest BCUT2D eigenvalue weighted by Crippen LogP contribution is -2.24. The molecular weight excluding hydrogens is 380 g/mol. The number of hydrogen-bond donors (Lipinski definition) is 1. The van der Waals surface area contributed by atoms with Crippen molar-refractivity contribution >= 4 is 40.0 Å². The Kier molecular flexibility index (Phi) is 6.38. The molecule has 0 bridgehead atoms. The highest BCUT2D eigenvalue weighted by molar-refractivity contribution is 8.00. The second kappa shape index (κ2) is 8.78. The molecule has 1 N–H and O–H groups in total. The number of carbonyl (C=O) groups is 2. The van der Waals surface area contributed by atoms with Gasteiger partial charge in [-0.2, -0.15) is 0 Å². The molecule has 0 saturated heterocycles. The smallest absolute Gasteiger partial charge is 0.237 e. The number of fused-ring (bicyclic) bond motifs is 1. The van der Waals surface area contributed by atoms with Crippen LogP contribution in [0.5, 0.6) is 0 Å². The van der Waals surface area contributed by atoms with E-state index in [1.807, 2.05) is 6.92 Å². The fourth-order valence-electron chi connectivity index (χ4n) is 3.38. The van der Waals surface area contributed by atoms with Crippen LogP contribution >= 0.6 is 11.8 Å². The molecule has 0 aliphatic carbocycles. The van der Waals surface area contributed by atoms with Crippen molar-refractivity contribution in [3.8, 4) is 0 Å². The van der Waals surface area contributed by atoms with Gasteiger partial charge in [-0.1, -0.05) is 42.4 Å². The Hall–Kier alpha value is -2.66. The van der Waals surface area contributed by atoms with E-state index in [4.69, 9.17) is 4.98 Å². The van der Waals surface area contributed by atoms with Gasteiger partial charge in [0.15, 0.2) is 5.78 Å². The molecule has 2 aromatic carbocycles. The van der Waals surface area contributed by atoms with Crippen molar-refractivity contribution in [1.29, 1.82) is 0 Å². The average Bonchev–Trinajstić information content (AvgIpc) is 2.67. The lowest BCUT2D eigenvalue weighted by atomic mass is 10.0. The molecule has 0 aliphatic rings. The molecule has 0 saturated carbocycles. The molecule has 4 nitrogen and oxygen atoms in total. The zero-order valence-electron chi connectivity index (χ0n) is 17.5. The van der Waals surface area contributed by atoms with Gasteiger partial charge in [-0.15, -0.1) is 0 Å². The topological polar surface area (TPSA) is 59.1 Å². The second-order valence-electron chi connectivity index (χ2n) is 7.40. The first-order valence-corrected chi connectivity index (χ1v) is 10.6. The number of amides is 1. The van der Waals surface area contributed by atoms with Crippen LogP contribution in [0.2, 0.25) is 0 Å². The molecule has 150 valence electrons. The van der Waals surface area contributed by atoms with Gasteiger partial charge < -0.3 is 5.32 Å². The van der Waals surface area contributed by atoms with Gasteiger partial charge in [0.2, 0.25) is 5.91 Å². The molecule has 0 radical (unpaired) electrons. The van der Waals surface area contributed by atoms with Crippen molar-refractivity contribution in [3.05, 3.63) is 64.7 Å². The molecule has 1 aromatic heterocycles. The van der Waals surface area contributed by atoms with Crippen LogP contribution in [0.25, 0.3) is 10.9 Å². The number of pyridine rings is 1. The first kappa shape index (κ1) is 21.1. The lowest BCUT2D eigenvalue weighted by molar-refractivity contribution is -0.115. The summed E-state index contributed by atoms with van der Waals surface area (Å²) in [6.45, 7) is 9.76. The van der Waals surface area contributed by atoms with Gasteiger partial charge in [0.25, 0.3) is 0 Å². The maximum absolute atomic E-state index is 12.8. The molecule has 0 fully saturated rings. The van der Waals surface area contributed by atoms with Crippen molar-refractivity contribution in [1.82, 2.24) is 4.98 Å². The van der Waals surface area contributed by atoms with E-state index >= 15 is 0 Å². The van der Waals surface area contributed by atoms with E-state index in [2.05, 4.69) is 44.3 Å². The second-order valence-corrected chi connectivity index (χ2v) is 8.62. The number of nitrogens with zero attached hydrogens (tertiary/aromatic N) is 1. The first-order valence-electron chi connectivity index (χ1n) is 9.75. The van der Waals surface area contributed by atoms with Gasteiger partial charge in [-0.25, -0.2) is 4.98 Å². The number of rotatable bonds is 6. The third-order valence-electron chi connectivity index (χ3n) is 4.89. The summed E-state index contributed by atoms with van der Waals surface area (Å²) >= 11 is 1.48. The number of benzene rings is 2. The van der Waals surface area contributed by atoms with Crippen LogP contribution in [0.1, 0.15) is 47.3 Å². The first-order chi connectivity index (χ1) is 13.8. The van der Waals surface area contributed by atoms with Gasteiger partial charge in [0.05, 0.1) is 15.8 Å². The number of anilines is 1.